The lowest BCUT2D eigenvalue weighted by molar-refractivity contribution is 0.0122. The molecule has 0 saturated carbocycles. The highest BCUT2D eigenvalue weighted by molar-refractivity contribution is 6.01. The van der Waals surface area contributed by atoms with Gasteiger partial charge in [-0.15, -0.1) is 0 Å². The fraction of sp³-hybridized carbons (Fsp3) is 0.526. The summed E-state index contributed by atoms with van der Waals surface area (Å²) in [5.74, 6) is 0.522. The fourth-order valence-corrected chi connectivity index (χ4v) is 7.59. The van der Waals surface area contributed by atoms with E-state index in [2.05, 4.69) is 35.2 Å². The Morgan fingerprint density at radius 1 is 1.10 bits per heavy atom. The van der Waals surface area contributed by atoms with Gasteiger partial charge in [0.2, 0.25) is 0 Å². The molecule has 1 amide bonds. The number of benzene rings is 2. The molecule has 3 atom stereocenters. The number of nitrogens with one attached hydrogen (secondary N) is 1. The van der Waals surface area contributed by atoms with Crippen LogP contribution in [0, 0.1) is 5.82 Å². The summed E-state index contributed by atoms with van der Waals surface area (Å²) >= 11 is 0. The molecule has 7 rings (SSSR count). The standard InChI is InChI=1S/C38H48FN7O5/c1-7-23-9-8-10-24-15-28(50-22-48-6)16-29(31(23)24)33-32(39)34-30(18-41-33)35(43-36(42-34)49-21-27-17-40-13-14-44(27)5)45-19-25-11-12-26(20-45)46(25)37(47)51-38(2,3)4/h8-10,15-16,18,25-27,40H,7,11-14,17,19-22H2,1-6H3. The van der Waals surface area contributed by atoms with Gasteiger partial charge in [-0.1, -0.05) is 25.1 Å². The summed E-state index contributed by atoms with van der Waals surface area (Å²) in [4.78, 5) is 33.9. The smallest absolute Gasteiger partial charge is 0.410 e. The number of halogens is 1. The molecular weight excluding hydrogens is 653 g/mol. The van der Waals surface area contributed by atoms with E-state index in [0.717, 1.165) is 55.2 Å². The third-order valence-electron chi connectivity index (χ3n) is 10.1. The van der Waals surface area contributed by atoms with Crippen LogP contribution in [0.5, 0.6) is 11.8 Å². The molecule has 2 aromatic heterocycles. The number of amides is 1. The van der Waals surface area contributed by atoms with E-state index in [9.17, 15) is 4.79 Å². The van der Waals surface area contributed by atoms with Crippen LogP contribution in [0.3, 0.4) is 0 Å². The molecule has 3 fully saturated rings. The van der Waals surface area contributed by atoms with Gasteiger partial charge in [-0.3, -0.25) is 14.8 Å². The fourth-order valence-electron chi connectivity index (χ4n) is 7.59. The van der Waals surface area contributed by atoms with Crippen LogP contribution < -0.4 is 19.7 Å². The molecule has 1 N–H and O–H groups in total. The predicted octanol–water partition coefficient (Wildman–Crippen LogP) is 5.40. The van der Waals surface area contributed by atoms with Crippen molar-refractivity contribution in [3.8, 4) is 23.0 Å². The summed E-state index contributed by atoms with van der Waals surface area (Å²) < 4.78 is 40.3. The summed E-state index contributed by atoms with van der Waals surface area (Å²) in [7, 11) is 3.63. The van der Waals surface area contributed by atoms with Crippen LogP contribution in [0.25, 0.3) is 32.9 Å². The zero-order valence-electron chi connectivity index (χ0n) is 30.4. The van der Waals surface area contributed by atoms with Crippen molar-refractivity contribution in [1.29, 1.82) is 0 Å². The summed E-state index contributed by atoms with van der Waals surface area (Å²) in [5.41, 5.74) is 1.37. The molecule has 51 heavy (non-hydrogen) atoms. The molecule has 5 heterocycles. The molecule has 0 spiro atoms. The number of fused-ring (bicyclic) bond motifs is 4. The van der Waals surface area contributed by atoms with Crippen molar-refractivity contribution in [2.75, 3.05) is 65.2 Å². The van der Waals surface area contributed by atoms with Crippen LogP contribution in [-0.4, -0.2) is 115 Å². The number of pyridine rings is 1. The minimum Gasteiger partial charge on any atom is -0.468 e. The number of hydrogen-bond donors (Lipinski definition) is 1. The van der Waals surface area contributed by atoms with E-state index >= 15 is 4.39 Å². The van der Waals surface area contributed by atoms with Crippen molar-refractivity contribution < 1.29 is 28.1 Å². The largest absolute Gasteiger partial charge is 0.468 e. The molecule has 3 aliphatic rings. The second kappa shape index (κ2) is 14.4. The van der Waals surface area contributed by atoms with Crippen molar-refractivity contribution in [3.05, 3.63) is 47.9 Å². The quantitative estimate of drug-likeness (QED) is 0.226. The van der Waals surface area contributed by atoms with Gasteiger partial charge in [0.05, 0.1) is 23.5 Å². The number of aromatic nitrogens is 3. The number of methoxy groups -OCH3 is 1. The van der Waals surface area contributed by atoms with Gasteiger partial charge in [0.1, 0.15) is 35.0 Å². The van der Waals surface area contributed by atoms with E-state index in [0.29, 0.717) is 42.2 Å². The number of piperazine rings is 2. The van der Waals surface area contributed by atoms with Gasteiger partial charge in [-0.25, -0.2) is 9.18 Å². The molecule has 2 bridgehead atoms. The molecule has 0 aliphatic carbocycles. The van der Waals surface area contributed by atoms with Gasteiger partial charge < -0.3 is 29.2 Å². The number of hydrogen-bond acceptors (Lipinski definition) is 11. The van der Waals surface area contributed by atoms with Gasteiger partial charge in [0, 0.05) is 51.6 Å². The summed E-state index contributed by atoms with van der Waals surface area (Å²) in [5, 5.41) is 5.72. The molecule has 13 heteroatoms. The van der Waals surface area contributed by atoms with Gasteiger partial charge in [-0.05, 0) is 75.5 Å². The first kappa shape index (κ1) is 35.1. The van der Waals surface area contributed by atoms with E-state index in [1.807, 2.05) is 49.9 Å². The second-order valence-electron chi connectivity index (χ2n) is 14.7. The molecule has 12 nitrogen and oxygen atoms in total. The number of carbonyl (C=O) groups is 1. The predicted molar refractivity (Wildman–Crippen MR) is 194 cm³/mol. The Kier molecular flexibility index (Phi) is 9.88. The Morgan fingerprint density at radius 2 is 1.88 bits per heavy atom. The van der Waals surface area contributed by atoms with Crippen LogP contribution in [0.1, 0.15) is 46.1 Å². The molecule has 272 valence electrons. The lowest BCUT2D eigenvalue weighted by Crippen LogP contribution is -2.57. The van der Waals surface area contributed by atoms with Crippen molar-refractivity contribution in [2.45, 2.75) is 70.7 Å². The Bertz CT molecular complexity index is 1910. The average molecular weight is 702 g/mol. The highest BCUT2D eigenvalue weighted by atomic mass is 19.1. The molecule has 0 radical (unpaired) electrons. The monoisotopic (exact) mass is 701 g/mol. The number of rotatable bonds is 9. The SMILES string of the molecule is CCc1cccc2cc(OCOC)cc(-c3ncc4c(N5CC6CCC(C5)N6C(=O)OC(C)(C)C)nc(OCC5CNCCN5C)nc4c3F)c12. The molecule has 3 aliphatic heterocycles. The maximum Gasteiger partial charge on any atom is 0.410 e. The highest BCUT2D eigenvalue weighted by Gasteiger charge is 2.45. The van der Waals surface area contributed by atoms with Crippen LogP contribution in [0.2, 0.25) is 0 Å². The molecule has 2 aromatic carbocycles. The maximum absolute atomic E-state index is 17.2. The molecule has 3 saturated heterocycles. The van der Waals surface area contributed by atoms with Crippen LogP contribution in [-0.2, 0) is 15.9 Å². The number of aryl methyl sites for hydroxylation is 1. The third-order valence-corrected chi connectivity index (χ3v) is 10.1. The zero-order chi connectivity index (χ0) is 35.9. The van der Waals surface area contributed by atoms with Crippen molar-refractivity contribution in [1.82, 2.24) is 30.1 Å². The van der Waals surface area contributed by atoms with Crippen molar-refractivity contribution in [2.24, 2.45) is 0 Å². The summed E-state index contributed by atoms with van der Waals surface area (Å²) in [6.45, 7) is 11.7. The van der Waals surface area contributed by atoms with E-state index in [4.69, 9.17) is 33.9 Å². The minimum atomic E-state index is -0.593. The zero-order valence-corrected chi connectivity index (χ0v) is 30.4. The van der Waals surface area contributed by atoms with E-state index < -0.39 is 11.4 Å². The molecular formula is C38H48FN7O5. The lowest BCUT2D eigenvalue weighted by atomic mass is 9.95. The average Bonchev–Trinajstić information content (AvgIpc) is 3.38. The van der Waals surface area contributed by atoms with Gasteiger partial charge in [-0.2, -0.15) is 9.97 Å². The van der Waals surface area contributed by atoms with Crippen molar-refractivity contribution in [3.63, 3.8) is 0 Å². The minimum absolute atomic E-state index is 0.0538. The van der Waals surface area contributed by atoms with Gasteiger partial charge in [0.15, 0.2) is 12.6 Å². The van der Waals surface area contributed by atoms with Crippen molar-refractivity contribution >= 4 is 33.6 Å². The summed E-state index contributed by atoms with van der Waals surface area (Å²) in [6.07, 6.45) is 3.81. The Balaban J connectivity index is 1.32. The molecule has 3 unspecified atom stereocenters. The number of nitrogens with zero attached hydrogens (tertiary/aromatic N) is 6. The van der Waals surface area contributed by atoms with E-state index in [1.165, 1.54) is 0 Å². The normalized spacial score (nSPS) is 21.0. The second-order valence-corrected chi connectivity index (χ2v) is 14.7. The third kappa shape index (κ3) is 7.11. The lowest BCUT2D eigenvalue weighted by Gasteiger charge is -2.42. The Labute approximate surface area is 298 Å². The highest BCUT2D eigenvalue weighted by Crippen LogP contribution is 2.40. The number of carbonyl (C=O) groups excluding carboxylic acids is 1. The Morgan fingerprint density at radius 3 is 2.59 bits per heavy atom. The maximum atomic E-state index is 17.2. The Hall–Kier alpha value is -4.33. The first-order valence-corrected chi connectivity index (χ1v) is 17.9. The first-order valence-electron chi connectivity index (χ1n) is 17.9. The van der Waals surface area contributed by atoms with Gasteiger partial charge in [0.25, 0.3) is 0 Å². The number of likely N-dealkylation sites (N-methyl/N-ethyl adjacent to an activating group) is 1. The van der Waals surface area contributed by atoms with E-state index in [-0.39, 0.29) is 48.2 Å². The van der Waals surface area contributed by atoms with Crippen LogP contribution >= 0.6 is 0 Å². The van der Waals surface area contributed by atoms with Crippen LogP contribution in [0.15, 0.2) is 36.5 Å². The first-order chi connectivity index (χ1) is 24.5. The molecule has 4 aromatic rings. The number of anilines is 1. The topological polar surface area (TPSA) is 114 Å². The number of ether oxygens (including phenoxy) is 4. The van der Waals surface area contributed by atoms with E-state index in [1.54, 1.807) is 13.3 Å². The van der Waals surface area contributed by atoms with Gasteiger partial charge >= 0.3 is 12.1 Å². The van der Waals surface area contributed by atoms with Crippen LogP contribution in [0.4, 0.5) is 15.0 Å². The summed E-state index contributed by atoms with van der Waals surface area (Å²) in [6, 6.07) is 9.86.